The lowest BCUT2D eigenvalue weighted by molar-refractivity contribution is -0.179. The number of alkyl halides is 2. The zero-order valence-corrected chi connectivity index (χ0v) is 21.8. The summed E-state index contributed by atoms with van der Waals surface area (Å²) >= 11 is 5.81. The van der Waals surface area contributed by atoms with Crippen molar-refractivity contribution in [1.82, 2.24) is 14.8 Å². The third-order valence-electron chi connectivity index (χ3n) is 7.37. The Kier molecular flexibility index (Phi) is 6.96. The predicted octanol–water partition coefficient (Wildman–Crippen LogP) is 3.46. The first kappa shape index (κ1) is 27.2. The van der Waals surface area contributed by atoms with Crippen LogP contribution in [0.5, 0.6) is 0 Å². The molecule has 208 valence electrons. The first-order valence-corrected chi connectivity index (χ1v) is 12.9. The van der Waals surface area contributed by atoms with Crippen molar-refractivity contribution < 1.29 is 37.1 Å². The summed E-state index contributed by atoms with van der Waals surface area (Å²) in [5.41, 5.74) is -0.834. The molecule has 1 aromatic heterocycles. The number of nitrogens with zero attached hydrogens (tertiary/aromatic N) is 2. The van der Waals surface area contributed by atoms with Gasteiger partial charge in [0.1, 0.15) is 23.8 Å². The van der Waals surface area contributed by atoms with Gasteiger partial charge in [0.2, 0.25) is 0 Å². The van der Waals surface area contributed by atoms with Gasteiger partial charge in [-0.15, -0.1) is 0 Å². The number of ether oxygens (including phenoxy) is 1. The molecule has 2 aliphatic heterocycles. The van der Waals surface area contributed by atoms with E-state index in [-0.39, 0.29) is 34.3 Å². The maximum Gasteiger partial charge on any atom is 0.293 e. The van der Waals surface area contributed by atoms with Crippen LogP contribution in [0.3, 0.4) is 0 Å². The van der Waals surface area contributed by atoms with Gasteiger partial charge in [0.25, 0.3) is 29.4 Å². The van der Waals surface area contributed by atoms with Crippen LogP contribution in [0.2, 0.25) is 5.02 Å². The topological polar surface area (TPSA) is 110 Å². The SMILES string of the molecule is Cc1c(C(=O)C(=O)NC2(C(=O)N3CCCOC3)CC(F)(F)C2)c2n(c1C(=O)Nc1ccc(F)c(Cl)c1)CCC2. The van der Waals surface area contributed by atoms with Crippen LogP contribution in [0.15, 0.2) is 18.2 Å². The molecule has 0 spiro atoms. The third kappa shape index (κ3) is 4.91. The third-order valence-corrected chi connectivity index (χ3v) is 7.66. The lowest BCUT2D eigenvalue weighted by atomic mass is 9.72. The molecule has 9 nitrogen and oxygen atoms in total. The minimum Gasteiger partial charge on any atom is -0.361 e. The van der Waals surface area contributed by atoms with Gasteiger partial charge in [-0.2, -0.15) is 0 Å². The minimum absolute atomic E-state index is 0.00211. The van der Waals surface area contributed by atoms with Gasteiger partial charge in [0, 0.05) is 37.3 Å². The lowest BCUT2D eigenvalue weighted by Crippen LogP contribution is -2.71. The highest BCUT2D eigenvalue weighted by Gasteiger charge is 2.63. The molecule has 0 unspecified atom stereocenters. The quantitative estimate of drug-likeness (QED) is 0.411. The van der Waals surface area contributed by atoms with E-state index in [9.17, 15) is 32.3 Å². The van der Waals surface area contributed by atoms with Crippen LogP contribution in [0.4, 0.5) is 18.9 Å². The standard InChI is InChI=1S/C26H26ClF3N4O5/c1-14-19(18-4-2-8-34(18)20(14)22(36)31-15-5-6-17(28)16(27)10-15)21(35)23(37)32-25(11-26(29,30)12-25)24(38)33-7-3-9-39-13-33/h5-6,10H,2-4,7-9,11-13H2,1H3,(H,31,36)(H,32,37). The molecule has 3 aliphatic rings. The average molecular weight is 567 g/mol. The smallest absolute Gasteiger partial charge is 0.293 e. The number of rotatable bonds is 6. The van der Waals surface area contributed by atoms with Crippen molar-refractivity contribution in [2.24, 2.45) is 0 Å². The zero-order chi connectivity index (χ0) is 28.1. The van der Waals surface area contributed by atoms with Crippen molar-refractivity contribution in [2.75, 3.05) is 25.2 Å². The molecule has 2 fully saturated rings. The number of amides is 3. The molecule has 1 saturated heterocycles. The molecule has 0 bridgehead atoms. The van der Waals surface area contributed by atoms with Crippen LogP contribution in [-0.2, 0) is 27.3 Å². The number of halogens is 4. The Bertz CT molecular complexity index is 1380. The van der Waals surface area contributed by atoms with E-state index < -0.39 is 53.6 Å². The predicted molar refractivity (Wildman–Crippen MR) is 133 cm³/mol. The van der Waals surface area contributed by atoms with E-state index in [4.69, 9.17) is 16.3 Å². The summed E-state index contributed by atoms with van der Waals surface area (Å²) in [5.74, 6) is -7.33. The summed E-state index contributed by atoms with van der Waals surface area (Å²) in [6, 6.07) is 3.68. The van der Waals surface area contributed by atoms with Crippen LogP contribution in [0.25, 0.3) is 0 Å². The lowest BCUT2D eigenvalue weighted by Gasteiger charge is -2.48. The monoisotopic (exact) mass is 566 g/mol. The average Bonchev–Trinajstić information content (AvgIpc) is 3.44. The Morgan fingerprint density at radius 3 is 2.49 bits per heavy atom. The van der Waals surface area contributed by atoms with Gasteiger partial charge in [0.05, 0.1) is 17.2 Å². The second-order valence-electron chi connectivity index (χ2n) is 10.2. The van der Waals surface area contributed by atoms with Gasteiger partial charge in [-0.25, -0.2) is 13.2 Å². The zero-order valence-electron chi connectivity index (χ0n) is 21.0. The Labute approximate surface area is 226 Å². The molecule has 2 aromatic rings. The van der Waals surface area contributed by atoms with Gasteiger partial charge in [-0.05, 0) is 49.9 Å². The van der Waals surface area contributed by atoms with E-state index in [2.05, 4.69) is 10.6 Å². The summed E-state index contributed by atoms with van der Waals surface area (Å²) < 4.78 is 48.4. The summed E-state index contributed by atoms with van der Waals surface area (Å²) in [4.78, 5) is 54.2. The molecule has 3 amide bonds. The molecule has 0 atom stereocenters. The molecule has 1 aromatic carbocycles. The van der Waals surface area contributed by atoms with Gasteiger partial charge < -0.3 is 24.8 Å². The number of hydrogen-bond acceptors (Lipinski definition) is 5. The molecular weight excluding hydrogens is 541 g/mol. The van der Waals surface area contributed by atoms with Crippen LogP contribution in [-0.4, -0.2) is 64.3 Å². The van der Waals surface area contributed by atoms with Crippen molar-refractivity contribution in [3.8, 4) is 0 Å². The molecular formula is C26H26ClF3N4O5. The number of fused-ring (bicyclic) bond motifs is 1. The van der Waals surface area contributed by atoms with Crippen LogP contribution in [0, 0.1) is 12.7 Å². The summed E-state index contributed by atoms with van der Waals surface area (Å²) in [5, 5.41) is 4.76. The summed E-state index contributed by atoms with van der Waals surface area (Å²) in [6.45, 7) is 2.57. The van der Waals surface area contributed by atoms with Gasteiger partial charge >= 0.3 is 0 Å². The van der Waals surface area contributed by atoms with Crippen LogP contribution in [0.1, 0.15) is 57.8 Å². The Morgan fingerprint density at radius 2 is 1.85 bits per heavy atom. The highest BCUT2D eigenvalue weighted by molar-refractivity contribution is 6.44. The molecule has 2 N–H and O–H groups in total. The Hall–Kier alpha value is -3.38. The molecule has 1 aliphatic carbocycles. The van der Waals surface area contributed by atoms with E-state index in [1.807, 2.05) is 0 Å². The van der Waals surface area contributed by atoms with E-state index in [0.717, 1.165) is 6.07 Å². The van der Waals surface area contributed by atoms with E-state index in [1.54, 1.807) is 4.57 Å². The van der Waals surface area contributed by atoms with Crippen molar-refractivity contribution in [2.45, 2.75) is 57.0 Å². The molecule has 39 heavy (non-hydrogen) atoms. The summed E-state index contributed by atoms with van der Waals surface area (Å²) in [6.07, 6.45) is -0.289. The number of nitrogens with one attached hydrogen (secondary N) is 2. The van der Waals surface area contributed by atoms with Gasteiger partial charge in [0.15, 0.2) is 0 Å². The highest BCUT2D eigenvalue weighted by Crippen LogP contribution is 2.47. The Morgan fingerprint density at radius 1 is 1.10 bits per heavy atom. The number of Topliss-reactive ketones (excluding diaryl/α,β-unsaturated/α-hetero) is 1. The van der Waals surface area contributed by atoms with Crippen molar-refractivity contribution in [3.05, 3.63) is 51.6 Å². The number of anilines is 1. The van der Waals surface area contributed by atoms with Gasteiger partial charge in [-0.3, -0.25) is 19.2 Å². The second-order valence-corrected chi connectivity index (χ2v) is 10.6. The number of ketones is 1. The largest absolute Gasteiger partial charge is 0.361 e. The van der Waals surface area contributed by atoms with Crippen LogP contribution >= 0.6 is 11.6 Å². The fourth-order valence-electron chi connectivity index (χ4n) is 5.65. The Balaban J connectivity index is 1.40. The second kappa shape index (κ2) is 9.98. The number of carbonyl (C=O) groups is 4. The normalized spacial score (nSPS) is 19.2. The first-order valence-electron chi connectivity index (χ1n) is 12.5. The first-order chi connectivity index (χ1) is 18.4. The molecule has 13 heteroatoms. The molecule has 0 radical (unpaired) electrons. The fourth-order valence-corrected chi connectivity index (χ4v) is 5.83. The molecule has 5 rings (SSSR count). The maximum absolute atomic E-state index is 14.0. The molecule has 1 saturated carbocycles. The van der Waals surface area contributed by atoms with Crippen molar-refractivity contribution in [1.29, 1.82) is 0 Å². The minimum atomic E-state index is -3.16. The number of benzene rings is 1. The summed E-state index contributed by atoms with van der Waals surface area (Å²) in [7, 11) is 0. The van der Waals surface area contributed by atoms with E-state index in [0.29, 0.717) is 44.7 Å². The molecule has 3 heterocycles. The van der Waals surface area contributed by atoms with Crippen LogP contribution < -0.4 is 10.6 Å². The number of aromatic nitrogens is 1. The number of hydrogen-bond donors (Lipinski definition) is 2. The number of carbonyl (C=O) groups excluding carboxylic acids is 4. The van der Waals surface area contributed by atoms with Crippen molar-refractivity contribution in [3.63, 3.8) is 0 Å². The highest BCUT2D eigenvalue weighted by atomic mass is 35.5. The van der Waals surface area contributed by atoms with Gasteiger partial charge in [-0.1, -0.05) is 11.6 Å². The fraction of sp³-hybridized carbons (Fsp3) is 0.462. The van der Waals surface area contributed by atoms with Crippen molar-refractivity contribution >= 4 is 40.8 Å². The van der Waals surface area contributed by atoms with E-state index in [1.165, 1.54) is 24.0 Å². The maximum atomic E-state index is 14.0. The van der Waals surface area contributed by atoms with E-state index >= 15 is 0 Å².